The van der Waals surface area contributed by atoms with E-state index >= 15 is 0 Å². The lowest BCUT2D eigenvalue weighted by atomic mass is 9.93. The van der Waals surface area contributed by atoms with Gasteiger partial charge in [-0.1, -0.05) is 25.1 Å². The van der Waals surface area contributed by atoms with Gasteiger partial charge >= 0.3 is 0 Å². The molecule has 0 bridgehead atoms. The molecule has 2 heterocycles. The second kappa shape index (κ2) is 4.68. The molecule has 2 atom stereocenters. The molecule has 1 aromatic heterocycles. The Kier molecular flexibility index (Phi) is 3.01. The molecular weight excluding hydrogens is 238 g/mol. The zero-order valence-electron chi connectivity index (χ0n) is 11.6. The highest BCUT2D eigenvalue weighted by Crippen LogP contribution is 2.35. The number of hydrogen-bond acceptors (Lipinski definition) is 4. The molecular formula is C15H19N3O. The second-order valence-electron chi connectivity index (χ2n) is 5.43. The molecule has 19 heavy (non-hydrogen) atoms. The van der Waals surface area contributed by atoms with Gasteiger partial charge < -0.3 is 9.32 Å². The van der Waals surface area contributed by atoms with E-state index in [4.69, 9.17) is 4.42 Å². The predicted molar refractivity (Wildman–Crippen MR) is 74.1 cm³/mol. The summed E-state index contributed by atoms with van der Waals surface area (Å²) in [6.07, 6.45) is 1.14. The maximum Gasteiger partial charge on any atom is 0.238 e. The average Bonchev–Trinajstić information content (AvgIpc) is 2.83. The maximum atomic E-state index is 5.58. The SMILES string of the molecule is Cc1nnc([C@@H](C)N2C[C@@H](C)Cc3ccccc32)o1. The monoisotopic (exact) mass is 257 g/mol. The summed E-state index contributed by atoms with van der Waals surface area (Å²) in [7, 11) is 0. The van der Waals surface area contributed by atoms with E-state index in [1.165, 1.54) is 11.3 Å². The van der Waals surface area contributed by atoms with Crippen molar-refractivity contribution >= 4 is 5.69 Å². The van der Waals surface area contributed by atoms with Gasteiger partial charge in [-0.05, 0) is 30.9 Å². The first kappa shape index (κ1) is 12.2. The lowest BCUT2D eigenvalue weighted by Crippen LogP contribution is -2.36. The number of hydrogen-bond donors (Lipinski definition) is 0. The van der Waals surface area contributed by atoms with Crippen molar-refractivity contribution in [1.82, 2.24) is 10.2 Å². The summed E-state index contributed by atoms with van der Waals surface area (Å²) in [5, 5.41) is 8.09. The number of aryl methyl sites for hydroxylation is 1. The minimum absolute atomic E-state index is 0.116. The van der Waals surface area contributed by atoms with Gasteiger partial charge in [0.15, 0.2) is 0 Å². The van der Waals surface area contributed by atoms with Gasteiger partial charge in [0.25, 0.3) is 0 Å². The third kappa shape index (κ3) is 2.23. The Labute approximate surface area is 113 Å². The molecule has 3 rings (SSSR count). The van der Waals surface area contributed by atoms with Crippen molar-refractivity contribution in [2.75, 3.05) is 11.4 Å². The smallest absolute Gasteiger partial charge is 0.238 e. The van der Waals surface area contributed by atoms with Crippen LogP contribution >= 0.6 is 0 Å². The molecule has 0 amide bonds. The van der Waals surface area contributed by atoms with Gasteiger partial charge in [-0.2, -0.15) is 0 Å². The maximum absolute atomic E-state index is 5.58. The van der Waals surface area contributed by atoms with Crippen LogP contribution in [0.15, 0.2) is 28.7 Å². The highest BCUT2D eigenvalue weighted by atomic mass is 16.4. The third-order valence-corrected chi connectivity index (χ3v) is 3.74. The fourth-order valence-corrected chi connectivity index (χ4v) is 2.82. The summed E-state index contributed by atoms with van der Waals surface area (Å²) in [6, 6.07) is 8.71. The number of benzene rings is 1. The van der Waals surface area contributed by atoms with Crippen LogP contribution in [-0.2, 0) is 6.42 Å². The van der Waals surface area contributed by atoms with Crippen molar-refractivity contribution in [2.24, 2.45) is 5.92 Å². The van der Waals surface area contributed by atoms with Crippen LogP contribution in [0.2, 0.25) is 0 Å². The lowest BCUT2D eigenvalue weighted by molar-refractivity contribution is 0.408. The lowest BCUT2D eigenvalue weighted by Gasteiger charge is -2.37. The Morgan fingerprint density at radius 2 is 2.11 bits per heavy atom. The fourth-order valence-electron chi connectivity index (χ4n) is 2.82. The highest BCUT2D eigenvalue weighted by Gasteiger charge is 2.28. The number of nitrogens with zero attached hydrogens (tertiary/aromatic N) is 3. The topological polar surface area (TPSA) is 42.2 Å². The Morgan fingerprint density at radius 1 is 1.32 bits per heavy atom. The zero-order chi connectivity index (χ0) is 13.4. The van der Waals surface area contributed by atoms with Gasteiger partial charge in [0.1, 0.15) is 6.04 Å². The van der Waals surface area contributed by atoms with E-state index < -0.39 is 0 Å². The van der Waals surface area contributed by atoms with Gasteiger partial charge in [-0.25, -0.2) is 0 Å². The quantitative estimate of drug-likeness (QED) is 0.829. The Bertz CT molecular complexity index is 578. The van der Waals surface area contributed by atoms with E-state index in [9.17, 15) is 0 Å². The van der Waals surface area contributed by atoms with Crippen LogP contribution in [0.4, 0.5) is 5.69 Å². The molecule has 100 valence electrons. The Morgan fingerprint density at radius 3 is 2.84 bits per heavy atom. The molecule has 0 fully saturated rings. The summed E-state index contributed by atoms with van der Waals surface area (Å²) in [6.45, 7) is 7.27. The average molecular weight is 257 g/mol. The van der Waals surface area contributed by atoms with Gasteiger partial charge in [0.05, 0.1) is 0 Å². The van der Waals surface area contributed by atoms with Crippen molar-refractivity contribution in [3.63, 3.8) is 0 Å². The van der Waals surface area contributed by atoms with Crippen LogP contribution < -0.4 is 4.90 Å². The molecule has 0 N–H and O–H groups in total. The van der Waals surface area contributed by atoms with E-state index in [2.05, 4.69) is 53.2 Å². The minimum Gasteiger partial charge on any atom is -0.423 e. The standard InChI is InChI=1S/C15H19N3O/c1-10-8-13-6-4-5-7-14(13)18(9-10)11(2)15-17-16-12(3)19-15/h4-7,10-11H,8-9H2,1-3H3/t10-,11+/m0/s1. The minimum atomic E-state index is 0.116. The molecule has 0 saturated carbocycles. The summed E-state index contributed by atoms with van der Waals surface area (Å²) >= 11 is 0. The predicted octanol–water partition coefficient (Wildman–Crippen LogP) is 3.14. The van der Waals surface area contributed by atoms with Gasteiger partial charge in [0, 0.05) is 19.2 Å². The van der Waals surface area contributed by atoms with E-state index in [0.717, 1.165) is 13.0 Å². The molecule has 2 aromatic rings. The summed E-state index contributed by atoms with van der Waals surface area (Å²) in [5.74, 6) is 1.96. The first-order valence-electron chi connectivity index (χ1n) is 6.79. The molecule has 1 aromatic carbocycles. The van der Waals surface area contributed by atoms with Crippen molar-refractivity contribution in [1.29, 1.82) is 0 Å². The van der Waals surface area contributed by atoms with Crippen molar-refractivity contribution < 1.29 is 4.42 Å². The molecule has 4 nitrogen and oxygen atoms in total. The molecule has 0 unspecified atom stereocenters. The third-order valence-electron chi connectivity index (χ3n) is 3.74. The fraction of sp³-hybridized carbons (Fsp3) is 0.467. The molecule has 4 heteroatoms. The number of para-hydroxylation sites is 1. The molecule has 1 aliphatic rings. The Hall–Kier alpha value is -1.84. The van der Waals surface area contributed by atoms with Crippen LogP contribution in [0, 0.1) is 12.8 Å². The van der Waals surface area contributed by atoms with Crippen molar-refractivity contribution in [3.8, 4) is 0 Å². The van der Waals surface area contributed by atoms with Crippen molar-refractivity contribution in [2.45, 2.75) is 33.2 Å². The van der Waals surface area contributed by atoms with Gasteiger partial charge in [-0.15, -0.1) is 10.2 Å². The van der Waals surface area contributed by atoms with Crippen LogP contribution in [0.25, 0.3) is 0 Å². The summed E-state index contributed by atoms with van der Waals surface area (Å²) in [5.41, 5.74) is 2.70. The van der Waals surface area contributed by atoms with E-state index in [1.54, 1.807) is 0 Å². The molecule has 1 aliphatic heterocycles. The van der Waals surface area contributed by atoms with E-state index in [-0.39, 0.29) is 6.04 Å². The van der Waals surface area contributed by atoms with Crippen LogP contribution in [0.5, 0.6) is 0 Å². The first-order valence-corrected chi connectivity index (χ1v) is 6.79. The van der Waals surface area contributed by atoms with E-state index in [0.29, 0.717) is 17.7 Å². The van der Waals surface area contributed by atoms with Crippen LogP contribution in [0.3, 0.4) is 0 Å². The normalized spacial score (nSPS) is 20.2. The zero-order valence-corrected chi connectivity index (χ0v) is 11.6. The molecule has 0 spiro atoms. The van der Waals surface area contributed by atoms with Gasteiger partial charge in [0.2, 0.25) is 11.8 Å². The van der Waals surface area contributed by atoms with E-state index in [1.807, 2.05) is 6.92 Å². The van der Waals surface area contributed by atoms with Crippen LogP contribution in [0.1, 0.15) is 37.2 Å². The first-order chi connectivity index (χ1) is 9.15. The largest absolute Gasteiger partial charge is 0.423 e. The summed E-state index contributed by atoms with van der Waals surface area (Å²) < 4.78 is 5.58. The molecule has 0 aliphatic carbocycles. The number of rotatable bonds is 2. The summed E-state index contributed by atoms with van der Waals surface area (Å²) in [4.78, 5) is 2.37. The van der Waals surface area contributed by atoms with Gasteiger partial charge in [-0.3, -0.25) is 0 Å². The number of aromatic nitrogens is 2. The van der Waals surface area contributed by atoms with Crippen molar-refractivity contribution in [3.05, 3.63) is 41.6 Å². The molecule has 0 saturated heterocycles. The number of anilines is 1. The second-order valence-corrected chi connectivity index (χ2v) is 5.43. The Balaban J connectivity index is 1.96. The van der Waals surface area contributed by atoms with Crippen LogP contribution in [-0.4, -0.2) is 16.7 Å². The number of fused-ring (bicyclic) bond motifs is 1. The molecule has 0 radical (unpaired) electrons. The highest BCUT2D eigenvalue weighted by molar-refractivity contribution is 5.56.